The Bertz CT molecular complexity index is 907. The molecule has 3 aromatic rings. The number of hydrogen-bond donors (Lipinski definition) is 1. The van der Waals surface area contributed by atoms with Crippen molar-refractivity contribution in [2.24, 2.45) is 0 Å². The number of nitro benzene ring substituents is 1. The van der Waals surface area contributed by atoms with Gasteiger partial charge in [0, 0.05) is 23.2 Å². The van der Waals surface area contributed by atoms with Gasteiger partial charge in [-0.2, -0.15) is 5.10 Å². The van der Waals surface area contributed by atoms with Crippen LogP contribution in [0, 0.1) is 15.9 Å². The fourth-order valence-electron chi connectivity index (χ4n) is 2.20. The summed E-state index contributed by atoms with van der Waals surface area (Å²) in [5.41, 5.74) is 0.732. The topological polar surface area (TPSA) is 90.1 Å². The first-order chi connectivity index (χ1) is 11.0. The Balaban J connectivity index is 1.82. The fourth-order valence-corrected chi connectivity index (χ4v) is 2.20. The van der Waals surface area contributed by atoms with E-state index in [2.05, 4.69) is 10.4 Å². The molecule has 2 aromatic carbocycles. The van der Waals surface area contributed by atoms with Crippen LogP contribution in [0.5, 0.6) is 0 Å². The van der Waals surface area contributed by atoms with E-state index >= 15 is 0 Å². The number of nitro groups is 1. The van der Waals surface area contributed by atoms with E-state index in [1.807, 2.05) is 0 Å². The first-order valence-corrected chi connectivity index (χ1v) is 6.68. The number of anilines is 1. The van der Waals surface area contributed by atoms with Gasteiger partial charge in [-0.05, 0) is 24.3 Å². The molecular weight excluding hydrogens is 303 g/mol. The number of aromatic nitrogens is 2. The summed E-state index contributed by atoms with van der Waals surface area (Å²) in [5.74, 6) is -0.866. The van der Waals surface area contributed by atoms with Crippen LogP contribution in [0.3, 0.4) is 0 Å². The number of hydrogen-bond acceptors (Lipinski definition) is 4. The van der Waals surface area contributed by atoms with Crippen LogP contribution in [0.1, 0.15) is 0 Å². The van der Waals surface area contributed by atoms with Crippen LogP contribution in [0.2, 0.25) is 0 Å². The minimum Gasteiger partial charge on any atom is -0.324 e. The summed E-state index contributed by atoms with van der Waals surface area (Å²) in [6.07, 6.45) is 1.52. The average Bonchev–Trinajstić information content (AvgIpc) is 2.89. The van der Waals surface area contributed by atoms with E-state index in [-0.39, 0.29) is 12.2 Å². The lowest BCUT2D eigenvalue weighted by molar-refractivity contribution is -0.384. The second-order valence-corrected chi connectivity index (χ2v) is 4.86. The van der Waals surface area contributed by atoms with E-state index in [9.17, 15) is 19.3 Å². The zero-order valence-corrected chi connectivity index (χ0v) is 11.8. The van der Waals surface area contributed by atoms with Crippen molar-refractivity contribution in [1.29, 1.82) is 0 Å². The van der Waals surface area contributed by atoms with Gasteiger partial charge in [-0.3, -0.25) is 19.6 Å². The Morgan fingerprint density at radius 2 is 2.13 bits per heavy atom. The number of carbonyl (C=O) groups is 1. The largest absolute Gasteiger partial charge is 0.324 e. The van der Waals surface area contributed by atoms with E-state index in [4.69, 9.17) is 0 Å². The van der Waals surface area contributed by atoms with Gasteiger partial charge in [0.15, 0.2) is 0 Å². The van der Waals surface area contributed by atoms with Crippen molar-refractivity contribution in [2.75, 3.05) is 5.32 Å². The number of non-ortho nitro benzene ring substituents is 1. The van der Waals surface area contributed by atoms with Crippen LogP contribution in [-0.4, -0.2) is 20.6 Å². The molecule has 116 valence electrons. The third-order valence-corrected chi connectivity index (χ3v) is 3.24. The van der Waals surface area contributed by atoms with E-state index in [1.54, 1.807) is 12.1 Å². The second kappa shape index (κ2) is 5.84. The smallest absolute Gasteiger partial charge is 0.271 e. The molecule has 0 bridgehead atoms. The molecule has 3 rings (SSSR count). The zero-order valence-electron chi connectivity index (χ0n) is 11.8. The number of carbonyl (C=O) groups excluding carboxylic acids is 1. The third-order valence-electron chi connectivity index (χ3n) is 3.24. The molecule has 0 radical (unpaired) electrons. The highest BCUT2D eigenvalue weighted by atomic mass is 19.1. The Labute approximate surface area is 129 Å². The molecule has 1 N–H and O–H groups in total. The van der Waals surface area contributed by atoms with Crippen LogP contribution >= 0.6 is 0 Å². The molecule has 0 unspecified atom stereocenters. The molecule has 1 heterocycles. The number of nitrogens with one attached hydrogen (secondary N) is 1. The van der Waals surface area contributed by atoms with Crippen LogP contribution in [-0.2, 0) is 11.3 Å². The number of rotatable bonds is 4. The maximum atomic E-state index is 13.1. The normalized spacial score (nSPS) is 10.7. The lowest BCUT2D eigenvalue weighted by Crippen LogP contribution is -2.19. The Morgan fingerprint density at radius 3 is 2.87 bits per heavy atom. The van der Waals surface area contributed by atoms with Crippen molar-refractivity contribution in [2.45, 2.75) is 6.54 Å². The lowest BCUT2D eigenvalue weighted by atomic mass is 10.2. The van der Waals surface area contributed by atoms with Gasteiger partial charge in [0.05, 0.1) is 16.6 Å². The highest BCUT2D eigenvalue weighted by molar-refractivity contribution is 5.91. The SMILES string of the molecule is O=C(Cn1ncc2ccc([N+](=O)[O-])cc21)Nc1cccc(F)c1. The Kier molecular flexibility index (Phi) is 3.71. The summed E-state index contributed by atoms with van der Waals surface area (Å²) in [5, 5.41) is 18.1. The predicted octanol–water partition coefficient (Wildman–Crippen LogP) is 2.72. The van der Waals surface area contributed by atoms with Crippen LogP contribution in [0.25, 0.3) is 10.9 Å². The molecule has 0 aliphatic rings. The van der Waals surface area contributed by atoms with Crippen molar-refractivity contribution >= 4 is 28.2 Å². The predicted molar refractivity (Wildman–Crippen MR) is 81.4 cm³/mol. The summed E-state index contributed by atoms with van der Waals surface area (Å²) in [4.78, 5) is 22.3. The van der Waals surface area contributed by atoms with Crippen LogP contribution in [0.4, 0.5) is 15.8 Å². The standard InChI is InChI=1S/C15H11FN4O3/c16-11-2-1-3-12(6-11)18-15(21)9-19-14-7-13(20(22)23)5-4-10(14)8-17-19/h1-8H,9H2,(H,18,21). The van der Waals surface area contributed by atoms with Crippen molar-refractivity contribution in [3.05, 3.63) is 64.6 Å². The molecule has 0 fully saturated rings. The maximum Gasteiger partial charge on any atom is 0.271 e. The van der Waals surface area contributed by atoms with Gasteiger partial charge in [-0.1, -0.05) is 6.07 Å². The Hall–Kier alpha value is -3.29. The third kappa shape index (κ3) is 3.15. The first-order valence-electron chi connectivity index (χ1n) is 6.68. The summed E-state index contributed by atoms with van der Waals surface area (Å²) in [6, 6.07) is 9.82. The maximum absolute atomic E-state index is 13.1. The fraction of sp³-hybridized carbons (Fsp3) is 0.0667. The molecular formula is C15H11FN4O3. The summed E-state index contributed by atoms with van der Waals surface area (Å²) in [7, 11) is 0. The van der Waals surface area contributed by atoms with Crippen LogP contribution < -0.4 is 5.32 Å². The van der Waals surface area contributed by atoms with Crippen molar-refractivity contribution in [1.82, 2.24) is 9.78 Å². The molecule has 1 aromatic heterocycles. The minimum atomic E-state index is -0.510. The summed E-state index contributed by atoms with van der Waals surface area (Å²) >= 11 is 0. The van der Waals surface area contributed by atoms with Gasteiger partial charge in [0.2, 0.25) is 5.91 Å². The van der Waals surface area contributed by atoms with Gasteiger partial charge >= 0.3 is 0 Å². The average molecular weight is 314 g/mol. The van der Waals surface area contributed by atoms with E-state index in [1.165, 1.54) is 41.2 Å². The van der Waals surface area contributed by atoms with Gasteiger partial charge < -0.3 is 5.32 Å². The van der Waals surface area contributed by atoms with E-state index in [0.29, 0.717) is 16.6 Å². The highest BCUT2D eigenvalue weighted by Gasteiger charge is 2.12. The minimum absolute atomic E-state index is 0.0789. The number of benzene rings is 2. The van der Waals surface area contributed by atoms with E-state index in [0.717, 1.165) is 0 Å². The molecule has 0 aliphatic heterocycles. The van der Waals surface area contributed by atoms with Gasteiger partial charge in [-0.25, -0.2) is 4.39 Å². The van der Waals surface area contributed by atoms with Crippen molar-refractivity contribution in [3.8, 4) is 0 Å². The summed E-state index contributed by atoms with van der Waals surface area (Å²) < 4.78 is 14.4. The second-order valence-electron chi connectivity index (χ2n) is 4.86. The number of amides is 1. The molecule has 0 saturated heterocycles. The Morgan fingerprint density at radius 1 is 1.30 bits per heavy atom. The molecule has 0 atom stereocenters. The number of halogens is 1. The molecule has 0 spiro atoms. The lowest BCUT2D eigenvalue weighted by Gasteiger charge is -2.06. The highest BCUT2D eigenvalue weighted by Crippen LogP contribution is 2.20. The molecule has 0 aliphatic carbocycles. The van der Waals surface area contributed by atoms with Gasteiger partial charge in [0.1, 0.15) is 12.4 Å². The number of nitrogens with zero attached hydrogens (tertiary/aromatic N) is 3. The van der Waals surface area contributed by atoms with E-state index < -0.39 is 16.6 Å². The summed E-state index contributed by atoms with van der Waals surface area (Å²) in [6.45, 7) is -0.138. The zero-order chi connectivity index (χ0) is 16.4. The quantitative estimate of drug-likeness (QED) is 0.592. The first kappa shape index (κ1) is 14.6. The molecule has 0 saturated carbocycles. The molecule has 7 nitrogen and oxygen atoms in total. The molecule has 8 heteroatoms. The monoisotopic (exact) mass is 314 g/mol. The van der Waals surface area contributed by atoms with Gasteiger partial charge in [-0.15, -0.1) is 0 Å². The van der Waals surface area contributed by atoms with Gasteiger partial charge in [0.25, 0.3) is 5.69 Å². The number of fused-ring (bicyclic) bond motifs is 1. The molecule has 23 heavy (non-hydrogen) atoms. The van der Waals surface area contributed by atoms with Crippen LogP contribution in [0.15, 0.2) is 48.7 Å². The van der Waals surface area contributed by atoms with Crippen molar-refractivity contribution < 1.29 is 14.1 Å². The molecule has 1 amide bonds. The van der Waals surface area contributed by atoms with Crippen molar-refractivity contribution in [3.63, 3.8) is 0 Å².